The predicted molar refractivity (Wildman–Crippen MR) is 164 cm³/mol. The molecule has 1 aliphatic carbocycles. The van der Waals surface area contributed by atoms with Crippen LogP contribution in [0.2, 0.25) is 0 Å². The number of Topliss-reactive ketones (excluding diaryl/α,β-unsaturated/α-hetero) is 2. The monoisotopic (exact) mass is 537 g/mol. The van der Waals surface area contributed by atoms with Crippen molar-refractivity contribution >= 4 is 56.1 Å². The van der Waals surface area contributed by atoms with Crippen molar-refractivity contribution in [3.63, 3.8) is 0 Å². The lowest BCUT2D eigenvalue weighted by Crippen LogP contribution is -2.37. The molecule has 8 rings (SSSR count). The van der Waals surface area contributed by atoms with Gasteiger partial charge in [-0.15, -0.1) is 11.3 Å². The number of thiophene rings is 1. The minimum absolute atomic E-state index is 0.187. The summed E-state index contributed by atoms with van der Waals surface area (Å²) in [5.41, 5.74) is 8.38. The van der Waals surface area contributed by atoms with Crippen LogP contribution in [-0.4, -0.2) is 11.6 Å². The van der Waals surface area contributed by atoms with E-state index >= 15 is 0 Å². The van der Waals surface area contributed by atoms with Crippen LogP contribution in [0.4, 0.5) is 16.4 Å². The van der Waals surface area contributed by atoms with Crippen molar-refractivity contribution in [3.8, 4) is 0 Å². The topological polar surface area (TPSA) is 37.4 Å². The molecule has 4 heteroatoms. The number of hydrogen-bond acceptors (Lipinski definition) is 4. The number of carbonyl (C=O) groups excluding carboxylic acids is 2. The van der Waals surface area contributed by atoms with E-state index in [1.54, 1.807) is 23.5 Å². The molecule has 0 saturated heterocycles. The molecule has 3 aliphatic rings. The van der Waals surface area contributed by atoms with Gasteiger partial charge in [0, 0.05) is 26.8 Å². The molecular weight excluding hydrogens is 510 g/mol. The normalized spacial score (nSPS) is 17.4. The minimum Gasteiger partial charge on any atom is -0.301 e. The van der Waals surface area contributed by atoms with Gasteiger partial charge in [0.05, 0.1) is 16.9 Å². The summed E-state index contributed by atoms with van der Waals surface area (Å²) < 4.78 is 0. The Kier molecular flexibility index (Phi) is 4.53. The molecule has 3 heterocycles. The van der Waals surface area contributed by atoms with Crippen LogP contribution >= 0.6 is 11.3 Å². The number of anilines is 3. The molecule has 2 aliphatic heterocycles. The molecule has 1 aromatic heterocycles. The van der Waals surface area contributed by atoms with E-state index in [0.717, 1.165) is 9.88 Å². The van der Waals surface area contributed by atoms with E-state index in [0.29, 0.717) is 11.1 Å². The number of allylic oxidation sites excluding steroid dienone is 1. The predicted octanol–water partition coefficient (Wildman–Crippen LogP) is 9.11. The summed E-state index contributed by atoms with van der Waals surface area (Å²) >= 11 is 1.66. The first-order valence-corrected chi connectivity index (χ1v) is 14.5. The second-order valence-electron chi connectivity index (χ2n) is 12.1. The van der Waals surface area contributed by atoms with E-state index in [-0.39, 0.29) is 28.0 Å². The number of carbonyl (C=O) groups is 2. The van der Waals surface area contributed by atoms with Crippen LogP contribution in [-0.2, 0) is 10.8 Å². The molecule has 0 radical (unpaired) electrons. The van der Waals surface area contributed by atoms with Crippen LogP contribution in [0.3, 0.4) is 0 Å². The Balaban J connectivity index is 1.41. The minimum atomic E-state index is -0.276. The molecule has 40 heavy (non-hydrogen) atoms. The zero-order chi connectivity index (χ0) is 27.6. The second kappa shape index (κ2) is 7.67. The standard InChI is InChI=1S/C36H27NO2S/c1-35(2)27-17-20-11-5-6-12-22(20)30-31(27)37(29-16-10-9-15-26(29)36(30,3)4)34-28(35)19-21(40-34)18-25-32(38)23-13-7-8-14-24(23)33(25)39/h5-19H,1-4H3. The Morgan fingerprint density at radius 1 is 0.700 bits per heavy atom. The van der Waals surface area contributed by atoms with Gasteiger partial charge in [-0.05, 0) is 57.3 Å². The number of benzene rings is 4. The van der Waals surface area contributed by atoms with Crippen molar-refractivity contribution in [2.24, 2.45) is 0 Å². The summed E-state index contributed by atoms with van der Waals surface area (Å²) in [7, 11) is 0. The first kappa shape index (κ1) is 23.6. The van der Waals surface area contributed by atoms with Gasteiger partial charge in [0.2, 0.25) is 0 Å². The van der Waals surface area contributed by atoms with E-state index in [4.69, 9.17) is 0 Å². The van der Waals surface area contributed by atoms with E-state index in [2.05, 4.69) is 93.3 Å². The molecule has 0 bridgehead atoms. The summed E-state index contributed by atoms with van der Waals surface area (Å²) in [5, 5.41) is 3.68. The zero-order valence-electron chi connectivity index (χ0n) is 22.8. The first-order chi connectivity index (χ1) is 19.2. The third-order valence-corrected chi connectivity index (χ3v) is 10.2. The molecule has 4 aromatic carbocycles. The van der Waals surface area contributed by atoms with Crippen LogP contribution < -0.4 is 4.90 Å². The fourth-order valence-electron chi connectivity index (χ4n) is 7.12. The molecular formula is C36H27NO2S. The Labute approximate surface area is 237 Å². The zero-order valence-corrected chi connectivity index (χ0v) is 23.6. The van der Waals surface area contributed by atoms with E-state index in [9.17, 15) is 9.59 Å². The molecule has 0 unspecified atom stereocenters. The smallest absolute Gasteiger partial charge is 0.197 e. The van der Waals surface area contributed by atoms with Gasteiger partial charge in [0.25, 0.3) is 0 Å². The van der Waals surface area contributed by atoms with Crippen molar-refractivity contribution in [2.75, 3.05) is 4.90 Å². The number of fused-ring (bicyclic) bond motifs is 7. The van der Waals surface area contributed by atoms with Gasteiger partial charge in [-0.3, -0.25) is 9.59 Å². The average Bonchev–Trinajstić information content (AvgIpc) is 3.48. The van der Waals surface area contributed by atoms with E-state index < -0.39 is 0 Å². The Morgan fingerprint density at radius 3 is 2.10 bits per heavy atom. The van der Waals surface area contributed by atoms with Crippen LogP contribution in [0.5, 0.6) is 0 Å². The van der Waals surface area contributed by atoms with Crippen LogP contribution in [0.1, 0.15) is 75.5 Å². The van der Waals surface area contributed by atoms with Crippen molar-refractivity contribution in [3.05, 3.63) is 129 Å². The molecule has 0 saturated carbocycles. The molecule has 0 amide bonds. The van der Waals surface area contributed by atoms with Crippen LogP contribution in [0.25, 0.3) is 16.8 Å². The molecule has 0 fully saturated rings. The van der Waals surface area contributed by atoms with Crippen molar-refractivity contribution in [2.45, 2.75) is 38.5 Å². The summed E-state index contributed by atoms with van der Waals surface area (Å²) in [5.74, 6) is -0.374. The molecule has 3 nitrogen and oxygen atoms in total. The van der Waals surface area contributed by atoms with Gasteiger partial charge in [-0.2, -0.15) is 0 Å². The number of ketones is 2. The van der Waals surface area contributed by atoms with Gasteiger partial charge >= 0.3 is 0 Å². The molecule has 0 spiro atoms. The summed E-state index contributed by atoms with van der Waals surface area (Å²) in [6.07, 6.45) is 1.81. The van der Waals surface area contributed by atoms with Gasteiger partial charge in [0.1, 0.15) is 5.00 Å². The molecule has 0 atom stereocenters. The van der Waals surface area contributed by atoms with Gasteiger partial charge < -0.3 is 4.90 Å². The fourth-order valence-corrected chi connectivity index (χ4v) is 8.40. The van der Waals surface area contributed by atoms with Gasteiger partial charge in [0.15, 0.2) is 11.6 Å². The molecule has 194 valence electrons. The lowest BCUT2D eigenvalue weighted by atomic mass is 9.66. The first-order valence-electron chi connectivity index (χ1n) is 13.7. The maximum absolute atomic E-state index is 13.2. The maximum atomic E-state index is 13.2. The highest BCUT2D eigenvalue weighted by atomic mass is 32.1. The maximum Gasteiger partial charge on any atom is 0.197 e. The van der Waals surface area contributed by atoms with Crippen LogP contribution in [0, 0.1) is 0 Å². The number of hydrogen-bond donors (Lipinski definition) is 0. The Bertz CT molecular complexity index is 1970. The second-order valence-corrected chi connectivity index (χ2v) is 13.2. The molecule has 0 N–H and O–H groups in total. The van der Waals surface area contributed by atoms with Crippen molar-refractivity contribution in [1.29, 1.82) is 0 Å². The van der Waals surface area contributed by atoms with Crippen LogP contribution in [0.15, 0.2) is 90.5 Å². The number of para-hydroxylation sites is 1. The Hall–Kier alpha value is -4.28. The van der Waals surface area contributed by atoms with Gasteiger partial charge in [-0.1, -0.05) is 94.4 Å². The lowest BCUT2D eigenvalue weighted by molar-refractivity contribution is 0.0990. The third-order valence-electron chi connectivity index (χ3n) is 9.16. The summed E-state index contributed by atoms with van der Waals surface area (Å²) in [4.78, 5) is 29.8. The fraction of sp³-hybridized carbons (Fsp3) is 0.167. The summed E-state index contributed by atoms with van der Waals surface area (Å²) in [6.45, 7) is 9.28. The van der Waals surface area contributed by atoms with Gasteiger partial charge in [-0.25, -0.2) is 0 Å². The van der Waals surface area contributed by atoms with Crippen molar-refractivity contribution in [1.82, 2.24) is 0 Å². The van der Waals surface area contributed by atoms with E-state index in [1.807, 2.05) is 18.2 Å². The average molecular weight is 538 g/mol. The largest absolute Gasteiger partial charge is 0.301 e. The SMILES string of the molecule is CC1(C)c2cc(C=C3C(=O)c4ccccc4C3=O)sc2N2c3ccccc3C(C)(C)c3c2c1cc1ccccc31. The number of nitrogens with zero attached hydrogens (tertiary/aromatic N) is 1. The number of rotatable bonds is 1. The highest BCUT2D eigenvalue weighted by molar-refractivity contribution is 7.17. The van der Waals surface area contributed by atoms with Crippen molar-refractivity contribution < 1.29 is 9.59 Å². The Morgan fingerprint density at radius 2 is 1.35 bits per heavy atom. The molecule has 5 aromatic rings. The quantitative estimate of drug-likeness (QED) is 0.158. The highest BCUT2D eigenvalue weighted by Crippen LogP contribution is 2.63. The highest BCUT2D eigenvalue weighted by Gasteiger charge is 2.47. The third kappa shape index (κ3) is 2.84. The summed E-state index contributed by atoms with van der Waals surface area (Å²) in [6, 6.07) is 29.1. The van der Waals surface area contributed by atoms with E-state index in [1.165, 1.54) is 44.4 Å². The lowest BCUT2D eigenvalue weighted by Gasteiger charge is -2.48.